The van der Waals surface area contributed by atoms with E-state index in [2.05, 4.69) is 93.4 Å². The second kappa shape index (κ2) is 11.9. The highest BCUT2D eigenvalue weighted by molar-refractivity contribution is 14.0. The molecule has 2 heterocycles. The van der Waals surface area contributed by atoms with Gasteiger partial charge in [-0.3, -0.25) is 9.89 Å². The van der Waals surface area contributed by atoms with Crippen molar-refractivity contribution in [3.63, 3.8) is 0 Å². The molecule has 0 saturated carbocycles. The molecule has 0 spiro atoms. The molecule has 1 atom stereocenters. The molecule has 0 bridgehead atoms. The zero-order chi connectivity index (χ0) is 20.6. The third-order valence-electron chi connectivity index (χ3n) is 5.29. The van der Waals surface area contributed by atoms with E-state index in [4.69, 9.17) is 0 Å². The molecule has 30 heavy (non-hydrogen) atoms. The lowest BCUT2D eigenvalue weighted by molar-refractivity contribution is 0.238. The van der Waals surface area contributed by atoms with E-state index in [0.29, 0.717) is 12.6 Å². The SMILES string of the molecule is CN=C(NCCC(C)N(C)Cc1ccccc1)NCc1cn2c(C)cccc2n1.I. The van der Waals surface area contributed by atoms with Crippen LogP contribution >= 0.6 is 24.0 Å². The van der Waals surface area contributed by atoms with Gasteiger partial charge in [-0.25, -0.2) is 4.98 Å². The number of benzene rings is 1. The highest BCUT2D eigenvalue weighted by Gasteiger charge is 2.10. The summed E-state index contributed by atoms with van der Waals surface area (Å²) in [7, 11) is 3.98. The average molecular weight is 520 g/mol. The van der Waals surface area contributed by atoms with Crippen LogP contribution in [0.15, 0.2) is 59.7 Å². The highest BCUT2D eigenvalue weighted by Crippen LogP contribution is 2.09. The number of halogens is 1. The Morgan fingerprint density at radius 2 is 1.90 bits per heavy atom. The van der Waals surface area contributed by atoms with Crippen molar-refractivity contribution in [2.75, 3.05) is 20.6 Å². The van der Waals surface area contributed by atoms with Gasteiger partial charge in [0.1, 0.15) is 5.65 Å². The van der Waals surface area contributed by atoms with Crippen LogP contribution in [0.4, 0.5) is 0 Å². The number of hydrogen-bond donors (Lipinski definition) is 2. The normalized spacial score (nSPS) is 12.6. The first-order chi connectivity index (χ1) is 14.1. The quantitative estimate of drug-likeness (QED) is 0.269. The van der Waals surface area contributed by atoms with Gasteiger partial charge in [-0.05, 0) is 45.0 Å². The van der Waals surface area contributed by atoms with Crippen molar-refractivity contribution in [3.05, 3.63) is 71.7 Å². The van der Waals surface area contributed by atoms with E-state index in [9.17, 15) is 0 Å². The summed E-state index contributed by atoms with van der Waals surface area (Å²) in [4.78, 5) is 11.4. The monoisotopic (exact) mass is 520 g/mol. The van der Waals surface area contributed by atoms with Crippen molar-refractivity contribution in [2.24, 2.45) is 4.99 Å². The van der Waals surface area contributed by atoms with Crippen LogP contribution < -0.4 is 10.6 Å². The summed E-state index contributed by atoms with van der Waals surface area (Å²) in [6, 6.07) is 17.2. The van der Waals surface area contributed by atoms with E-state index in [-0.39, 0.29) is 24.0 Å². The standard InChI is InChI=1S/C23H32N6.HI/c1-18(28(4)16-20-10-6-5-7-11-20)13-14-25-23(24-3)26-15-21-17-29-19(2)9-8-12-22(29)27-21;/h5-12,17-18H,13-16H2,1-4H3,(H2,24,25,26);1H. The number of nitrogens with zero attached hydrogens (tertiary/aromatic N) is 4. The lowest BCUT2D eigenvalue weighted by Crippen LogP contribution is -2.39. The number of guanidine groups is 1. The molecule has 0 aliphatic carbocycles. The van der Waals surface area contributed by atoms with Crippen LogP contribution in [0.5, 0.6) is 0 Å². The molecule has 0 aliphatic rings. The van der Waals surface area contributed by atoms with E-state index in [1.165, 1.54) is 11.3 Å². The Bertz CT molecular complexity index is 937. The molecule has 2 N–H and O–H groups in total. The second-order valence-electron chi connectivity index (χ2n) is 7.52. The first-order valence-corrected chi connectivity index (χ1v) is 10.2. The summed E-state index contributed by atoms with van der Waals surface area (Å²) in [5.74, 6) is 0.802. The maximum absolute atomic E-state index is 4.66. The zero-order valence-corrected chi connectivity index (χ0v) is 20.6. The number of aliphatic imine (C=N–C) groups is 1. The highest BCUT2D eigenvalue weighted by atomic mass is 127. The lowest BCUT2D eigenvalue weighted by Gasteiger charge is -2.25. The largest absolute Gasteiger partial charge is 0.356 e. The fourth-order valence-corrected chi connectivity index (χ4v) is 3.33. The molecule has 6 nitrogen and oxygen atoms in total. The first kappa shape index (κ1) is 24.1. The zero-order valence-electron chi connectivity index (χ0n) is 18.3. The van der Waals surface area contributed by atoms with Crippen LogP contribution in [0.25, 0.3) is 5.65 Å². The predicted molar refractivity (Wildman–Crippen MR) is 136 cm³/mol. The molecular formula is C23H33IN6. The molecule has 0 aliphatic heterocycles. The van der Waals surface area contributed by atoms with Crippen LogP contribution in [0.2, 0.25) is 0 Å². The Labute approximate surface area is 196 Å². The van der Waals surface area contributed by atoms with Gasteiger partial charge in [-0.1, -0.05) is 36.4 Å². The third-order valence-corrected chi connectivity index (χ3v) is 5.29. The number of hydrogen-bond acceptors (Lipinski definition) is 3. The Kier molecular flexibility index (Phi) is 9.58. The predicted octanol–water partition coefficient (Wildman–Crippen LogP) is 3.84. The Morgan fingerprint density at radius 3 is 2.60 bits per heavy atom. The van der Waals surface area contributed by atoms with E-state index in [1.807, 2.05) is 12.1 Å². The van der Waals surface area contributed by atoms with Gasteiger partial charge in [0.05, 0.1) is 12.2 Å². The number of pyridine rings is 1. The van der Waals surface area contributed by atoms with Gasteiger partial charge in [-0.2, -0.15) is 0 Å². The van der Waals surface area contributed by atoms with E-state index in [1.54, 1.807) is 7.05 Å². The number of imidazole rings is 1. The average Bonchev–Trinajstić information content (AvgIpc) is 3.15. The van der Waals surface area contributed by atoms with Gasteiger partial charge in [0.2, 0.25) is 0 Å². The maximum atomic E-state index is 4.66. The van der Waals surface area contributed by atoms with Gasteiger partial charge < -0.3 is 15.0 Å². The topological polar surface area (TPSA) is 57.0 Å². The van der Waals surface area contributed by atoms with Crippen molar-refractivity contribution in [1.29, 1.82) is 0 Å². The lowest BCUT2D eigenvalue weighted by atomic mass is 10.1. The van der Waals surface area contributed by atoms with Crippen LogP contribution in [-0.4, -0.2) is 46.9 Å². The summed E-state index contributed by atoms with van der Waals surface area (Å²) in [5.41, 5.74) is 4.49. The van der Waals surface area contributed by atoms with Crippen molar-refractivity contribution < 1.29 is 0 Å². The van der Waals surface area contributed by atoms with E-state index in [0.717, 1.165) is 36.8 Å². The summed E-state index contributed by atoms with van der Waals surface area (Å²) in [6.45, 7) is 6.82. The molecule has 0 saturated heterocycles. The number of rotatable bonds is 8. The summed E-state index contributed by atoms with van der Waals surface area (Å²) < 4.78 is 2.11. The van der Waals surface area contributed by atoms with Crippen LogP contribution in [0.3, 0.4) is 0 Å². The van der Waals surface area contributed by atoms with E-state index >= 15 is 0 Å². The molecule has 7 heteroatoms. The van der Waals surface area contributed by atoms with Crippen molar-refractivity contribution in [2.45, 2.75) is 39.4 Å². The molecule has 3 aromatic rings. The maximum Gasteiger partial charge on any atom is 0.191 e. The van der Waals surface area contributed by atoms with Gasteiger partial charge in [0.15, 0.2) is 5.96 Å². The van der Waals surface area contributed by atoms with Crippen molar-refractivity contribution >= 4 is 35.6 Å². The summed E-state index contributed by atoms with van der Waals surface area (Å²) in [5, 5.41) is 6.77. The number of nitrogens with one attached hydrogen (secondary N) is 2. The van der Waals surface area contributed by atoms with Crippen molar-refractivity contribution in [3.8, 4) is 0 Å². The number of fused-ring (bicyclic) bond motifs is 1. The molecule has 0 amide bonds. The van der Waals surface area contributed by atoms with Gasteiger partial charge in [0.25, 0.3) is 0 Å². The molecule has 0 radical (unpaired) electrons. The van der Waals surface area contributed by atoms with Crippen LogP contribution in [0, 0.1) is 6.92 Å². The minimum atomic E-state index is 0. The van der Waals surface area contributed by atoms with Gasteiger partial charge in [-0.15, -0.1) is 24.0 Å². The third kappa shape index (κ3) is 6.70. The minimum absolute atomic E-state index is 0. The smallest absolute Gasteiger partial charge is 0.191 e. The Morgan fingerprint density at radius 1 is 1.13 bits per heavy atom. The van der Waals surface area contributed by atoms with Crippen LogP contribution in [-0.2, 0) is 13.1 Å². The van der Waals surface area contributed by atoms with Crippen molar-refractivity contribution in [1.82, 2.24) is 24.9 Å². The Balaban J connectivity index is 0.00000320. The summed E-state index contributed by atoms with van der Waals surface area (Å²) in [6.07, 6.45) is 3.11. The molecular weight excluding hydrogens is 487 g/mol. The number of aryl methyl sites for hydroxylation is 1. The summed E-state index contributed by atoms with van der Waals surface area (Å²) >= 11 is 0. The first-order valence-electron chi connectivity index (χ1n) is 10.2. The molecule has 162 valence electrons. The molecule has 3 rings (SSSR count). The van der Waals surface area contributed by atoms with Gasteiger partial charge >= 0.3 is 0 Å². The number of aromatic nitrogens is 2. The molecule has 1 unspecified atom stereocenters. The molecule has 2 aromatic heterocycles. The van der Waals surface area contributed by atoms with Gasteiger partial charge in [0, 0.05) is 38.1 Å². The molecule has 0 fully saturated rings. The fourth-order valence-electron chi connectivity index (χ4n) is 3.33. The van der Waals surface area contributed by atoms with Crippen LogP contribution in [0.1, 0.15) is 30.3 Å². The van der Waals surface area contributed by atoms with E-state index < -0.39 is 0 Å². The Hall–Kier alpha value is -2.13. The fraction of sp³-hybridized carbons (Fsp3) is 0.391. The minimum Gasteiger partial charge on any atom is -0.356 e. The second-order valence-corrected chi connectivity index (χ2v) is 7.52. The molecule has 1 aromatic carbocycles.